The Morgan fingerprint density at radius 2 is 2.06 bits per heavy atom. The molecule has 1 aromatic rings. The van der Waals surface area contributed by atoms with Gasteiger partial charge in [0.25, 0.3) is 0 Å². The Labute approximate surface area is 106 Å². The predicted molar refractivity (Wildman–Crippen MR) is 65.1 cm³/mol. The summed E-state index contributed by atoms with van der Waals surface area (Å²) >= 11 is 0. The lowest BCUT2D eigenvalue weighted by atomic mass is 10.3. The third kappa shape index (κ3) is 4.48. The normalized spacial score (nSPS) is 10.1. The van der Waals surface area contributed by atoms with Gasteiger partial charge in [0.15, 0.2) is 0 Å². The van der Waals surface area contributed by atoms with Crippen molar-refractivity contribution in [2.75, 3.05) is 20.6 Å². The zero-order chi connectivity index (χ0) is 13.5. The summed E-state index contributed by atoms with van der Waals surface area (Å²) in [5.41, 5.74) is 0. The highest BCUT2D eigenvalue weighted by atomic mass is 16.4. The fourth-order valence-corrected chi connectivity index (χ4v) is 1.56. The maximum atomic E-state index is 11.9. The van der Waals surface area contributed by atoms with Crippen LogP contribution in [0.2, 0.25) is 0 Å². The van der Waals surface area contributed by atoms with E-state index in [0.29, 0.717) is 25.3 Å². The van der Waals surface area contributed by atoms with Crippen LogP contribution in [0.4, 0.5) is 4.79 Å². The number of carbonyl (C=O) groups excluding carboxylic acids is 1. The van der Waals surface area contributed by atoms with Gasteiger partial charge in [-0.2, -0.15) is 0 Å². The number of furan rings is 1. The highest BCUT2D eigenvalue weighted by Crippen LogP contribution is 2.06. The number of carboxylic acid groups (broad SMARTS) is 1. The molecule has 0 radical (unpaired) electrons. The Balaban J connectivity index is 2.35. The Morgan fingerprint density at radius 3 is 2.61 bits per heavy atom. The minimum Gasteiger partial charge on any atom is -0.481 e. The quantitative estimate of drug-likeness (QED) is 0.837. The van der Waals surface area contributed by atoms with Crippen LogP contribution in [0.15, 0.2) is 22.8 Å². The van der Waals surface area contributed by atoms with Crippen LogP contribution in [0, 0.1) is 0 Å². The van der Waals surface area contributed by atoms with Gasteiger partial charge in [0.1, 0.15) is 5.76 Å². The lowest BCUT2D eigenvalue weighted by Crippen LogP contribution is -2.38. The molecule has 0 spiro atoms. The Hall–Kier alpha value is -1.98. The third-order valence-electron chi connectivity index (χ3n) is 2.51. The SMILES string of the molecule is CN(CCCC(=O)O)C(=O)N(C)Cc1ccco1. The van der Waals surface area contributed by atoms with Crippen molar-refractivity contribution in [3.63, 3.8) is 0 Å². The highest BCUT2D eigenvalue weighted by molar-refractivity contribution is 5.73. The molecule has 18 heavy (non-hydrogen) atoms. The van der Waals surface area contributed by atoms with Crippen molar-refractivity contribution in [2.24, 2.45) is 0 Å². The van der Waals surface area contributed by atoms with Crippen LogP contribution in [-0.2, 0) is 11.3 Å². The topological polar surface area (TPSA) is 74.0 Å². The van der Waals surface area contributed by atoms with Crippen molar-refractivity contribution in [3.05, 3.63) is 24.2 Å². The maximum absolute atomic E-state index is 11.9. The molecule has 2 amide bonds. The molecule has 100 valence electrons. The summed E-state index contributed by atoms with van der Waals surface area (Å²) in [4.78, 5) is 25.3. The Kier molecular flexibility index (Phi) is 5.23. The molecule has 0 saturated carbocycles. The average molecular weight is 254 g/mol. The number of urea groups is 1. The van der Waals surface area contributed by atoms with Crippen molar-refractivity contribution in [1.29, 1.82) is 0 Å². The zero-order valence-corrected chi connectivity index (χ0v) is 10.6. The average Bonchev–Trinajstić information content (AvgIpc) is 2.80. The molecule has 0 fully saturated rings. The number of carboxylic acids is 1. The second kappa shape index (κ2) is 6.68. The summed E-state index contributed by atoms with van der Waals surface area (Å²) in [7, 11) is 3.33. The number of hydrogen-bond acceptors (Lipinski definition) is 3. The fourth-order valence-electron chi connectivity index (χ4n) is 1.56. The van der Waals surface area contributed by atoms with Crippen LogP contribution >= 0.6 is 0 Å². The highest BCUT2D eigenvalue weighted by Gasteiger charge is 2.15. The molecule has 0 aliphatic heterocycles. The molecule has 1 aromatic heterocycles. The number of carbonyl (C=O) groups is 2. The van der Waals surface area contributed by atoms with E-state index in [-0.39, 0.29) is 12.5 Å². The fraction of sp³-hybridized carbons (Fsp3) is 0.500. The van der Waals surface area contributed by atoms with Crippen LogP contribution in [0.5, 0.6) is 0 Å². The summed E-state index contributed by atoms with van der Waals surface area (Å²) in [5.74, 6) is -0.135. The van der Waals surface area contributed by atoms with E-state index in [0.717, 1.165) is 0 Å². The summed E-state index contributed by atoms with van der Waals surface area (Å²) < 4.78 is 5.16. The van der Waals surface area contributed by atoms with Gasteiger partial charge < -0.3 is 19.3 Å². The van der Waals surface area contributed by atoms with Crippen LogP contribution in [0.1, 0.15) is 18.6 Å². The molecule has 0 aromatic carbocycles. The number of hydrogen-bond donors (Lipinski definition) is 1. The lowest BCUT2D eigenvalue weighted by Gasteiger charge is -2.24. The van der Waals surface area contributed by atoms with E-state index in [1.165, 1.54) is 9.80 Å². The molecule has 1 heterocycles. The van der Waals surface area contributed by atoms with Gasteiger partial charge in [0.2, 0.25) is 0 Å². The summed E-state index contributed by atoms with van der Waals surface area (Å²) in [5, 5.41) is 8.52. The number of nitrogens with zero attached hydrogens (tertiary/aromatic N) is 2. The van der Waals surface area contributed by atoms with E-state index in [2.05, 4.69) is 0 Å². The van der Waals surface area contributed by atoms with Crippen molar-refractivity contribution in [2.45, 2.75) is 19.4 Å². The van der Waals surface area contributed by atoms with Gasteiger partial charge in [-0.05, 0) is 18.6 Å². The van der Waals surface area contributed by atoms with Crippen molar-refractivity contribution < 1.29 is 19.1 Å². The molecule has 1 N–H and O–H groups in total. The van der Waals surface area contributed by atoms with Gasteiger partial charge in [-0.15, -0.1) is 0 Å². The number of aliphatic carboxylic acids is 1. The second-order valence-corrected chi connectivity index (χ2v) is 4.14. The molecule has 0 atom stereocenters. The summed E-state index contributed by atoms with van der Waals surface area (Å²) in [6.07, 6.45) is 2.08. The molecule has 0 unspecified atom stereocenters. The van der Waals surface area contributed by atoms with Crippen LogP contribution in [-0.4, -0.2) is 47.5 Å². The zero-order valence-electron chi connectivity index (χ0n) is 10.6. The van der Waals surface area contributed by atoms with Gasteiger partial charge >= 0.3 is 12.0 Å². The Bertz CT molecular complexity index is 389. The largest absolute Gasteiger partial charge is 0.481 e. The van der Waals surface area contributed by atoms with Gasteiger partial charge in [-0.25, -0.2) is 4.79 Å². The lowest BCUT2D eigenvalue weighted by molar-refractivity contribution is -0.137. The predicted octanol–water partition coefficient (Wildman–Crippen LogP) is 1.63. The van der Waals surface area contributed by atoms with E-state index in [9.17, 15) is 9.59 Å². The van der Waals surface area contributed by atoms with Gasteiger partial charge in [0.05, 0.1) is 12.8 Å². The van der Waals surface area contributed by atoms with Crippen LogP contribution in [0.3, 0.4) is 0 Å². The van der Waals surface area contributed by atoms with E-state index in [1.807, 2.05) is 0 Å². The first-order valence-corrected chi connectivity index (χ1v) is 5.71. The molecular weight excluding hydrogens is 236 g/mol. The van der Waals surface area contributed by atoms with Crippen LogP contribution < -0.4 is 0 Å². The van der Waals surface area contributed by atoms with Gasteiger partial charge in [-0.1, -0.05) is 0 Å². The van der Waals surface area contributed by atoms with Crippen molar-refractivity contribution in [1.82, 2.24) is 9.80 Å². The molecule has 0 saturated heterocycles. The maximum Gasteiger partial charge on any atom is 0.319 e. The first-order valence-electron chi connectivity index (χ1n) is 5.71. The van der Waals surface area contributed by atoms with Gasteiger partial charge in [0, 0.05) is 27.1 Å². The monoisotopic (exact) mass is 254 g/mol. The summed E-state index contributed by atoms with van der Waals surface area (Å²) in [6.45, 7) is 0.822. The van der Waals surface area contributed by atoms with E-state index >= 15 is 0 Å². The minimum atomic E-state index is -0.847. The first-order chi connectivity index (χ1) is 8.50. The molecule has 0 aliphatic rings. The van der Waals surface area contributed by atoms with Crippen molar-refractivity contribution in [3.8, 4) is 0 Å². The summed E-state index contributed by atoms with van der Waals surface area (Å²) in [6, 6.07) is 3.41. The van der Waals surface area contributed by atoms with E-state index in [4.69, 9.17) is 9.52 Å². The first kappa shape index (κ1) is 14.1. The molecular formula is C12H18N2O4. The van der Waals surface area contributed by atoms with Crippen LogP contribution in [0.25, 0.3) is 0 Å². The molecule has 1 rings (SSSR count). The minimum absolute atomic E-state index is 0.0690. The molecule has 0 bridgehead atoms. The molecule has 6 heteroatoms. The molecule has 0 aliphatic carbocycles. The smallest absolute Gasteiger partial charge is 0.319 e. The second-order valence-electron chi connectivity index (χ2n) is 4.14. The van der Waals surface area contributed by atoms with E-state index < -0.39 is 5.97 Å². The van der Waals surface area contributed by atoms with Crippen molar-refractivity contribution >= 4 is 12.0 Å². The van der Waals surface area contributed by atoms with Gasteiger partial charge in [-0.3, -0.25) is 4.79 Å². The number of rotatable bonds is 6. The molecule has 6 nitrogen and oxygen atoms in total. The third-order valence-corrected chi connectivity index (χ3v) is 2.51. The number of amides is 2. The van der Waals surface area contributed by atoms with E-state index in [1.54, 1.807) is 32.5 Å². The standard InChI is InChI=1S/C12H18N2O4/c1-13(7-3-6-11(15)16)12(17)14(2)9-10-5-4-8-18-10/h4-5,8H,3,6-7,9H2,1-2H3,(H,15,16). The Morgan fingerprint density at radius 1 is 1.33 bits per heavy atom.